The Morgan fingerprint density at radius 1 is 0.955 bits per heavy atom. The van der Waals surface area contributed by atoms with Gasteiger partial charge in [0.05, 0.1) is 0 Å². The Morgan fingerprint density at radius 2 is 1.59 bits per heavy atom. The zero-order valence-electron chi connectivity index (χ0n) is 14.9. The van der Waals surface area contributed by atoms with Crippen LogP contribution < -0.4 is 4.74 Å². The highest BCUT2D eigenvalue weighted by Gasteiger charge is 2.14. The number of rotatable bonds is 6. The predicted molar refractivity (Wildman–Crippen MR) is 94.1 cm³/mol. The first-order valence-electron chi connectivity index (χ1n) is 8.65. The number of ether oxygens (including phenoxy) is 1. The van der Waals surface area contributed by atoms with Crippen molar-refractivity contribution in [3.63, 3.8) is 0 Å². The maximum atomic E-state index is 6.01. The van der Waals surface area contributed by atoms with E-state index < -0.39 is 0 Å². The van der Waals surface area contributed by atoms with E-state index in [1.807, 2.05) is 0 Å². The van der Waals surface area contributed by atoms with E-state index in [9.17, 15) is 0 Å². The smallest absolute Gasteiger partial charge is 0.119 e. The van der Waals surface area contributed by atoms with Crippen LogP contribution in [0.25, 0.3) is 0 Å². The second kappa shape index (κ2) is 7.98. The van der Waals surface area contributed by atoms with E-state index in [0.29, 0.717) is 11.8 Å². The van der Waals surface area contributed by atoms with E-state index in [2.05, 4.69) is 62.7 Å². The average molecular weight is 304 g/mol. The summed E-state index contributed by atoms with van der Waals surface area (Å²) in [7, 11) is 2.19. The van der Waals surface area contributed by atoms with Gasteiger partial charge < -0.3 is 9.64 Å². The number of piperazine rings is 1. The van der Waals surface area contributed by atoms with E-state index in [0.717, 1.165) is 32.0 Å². The van der Waals surface area contributed by atoms with E-state index >= 15 is 0 Å². The first kappa shape index (κ1) is 17.3. The highest BCUT2D eigenvalue weighted by Crippen LogP contribution is 2.29. The van der Waals surface area contributed by atoms with Crippen LogP contribution in [0.2, 0.25) is 0 Å². The molecule has 1 fully saturated rings. The highest BCUT2D eigenvalue weighted by molar-refractivity contribution is 5.39. The SMILES string of the molecule is CC(C)c1ccc(OCCN2CCN(C)CC2)cc1C(C)C. The Hall–Kier alpha value is -1.06. The number of hydrogen-bond donors (Lipinski definition) is 0. The number of benzene rings is 1. The molecule has 0 saturated carbocycles. The summed E-state index contributed by atoms with van der Waals surface area (Å²) in [5, 5.41) is 0. The molecule has 0 radical (unpaired) electrons. The van der Waals surface area contributed by atoms with E-state index in [1.54, 1.807) is 0 Å². The summed E-state index contributed by atoms with van der Waals surface area (Å²) in [5.41, 5.74) is 2.87. The van der Waals surface area contributed by atoms with E-state index in [4.69, 9.17) is 4.74 Å². The number of likely N-dealkylation sites (N-methyl/N-ethyl adjacent to an activating group) is 1. The van der Waals surface area contributed by atoms with Crippen molar-refractivity contribution >= 4 is 0 Å². The molecule has 1 aliphatic rings. The average Bonchev–Trinajstić information content (AvgIpc) is 2.49. The van der Waals surface area contributed by atoms with Gasteiger partial charge in [-0.1, -0.05) is 33.8 Å². The third kappa shape index (κ3) is 4.72. The zero-order chi connectivity index (χ0) is 16.1. The van der Waals surface area contributed by atoms with E-state index in [1.165, 1.54) is 24.2 Å². The van der Waals surface area contributed by atoms with Gasteiger partial charge in [-0.2, -0.15) is 0 Å². The lowest BCUT2D eigenvalue weighted by Crippen LogP contribution is -2.45. The van der Waals surface area contributed by atoms with Crippen molar-refractivity contribution in [1.82, 2.24) is 9.80 Å². The summed E-state index contributed by atoms with van der Waals surface area (Å²) in [5.74, 6) is 2.12. The van der Waals surface area contributed by atoms with Crippen LogP contribution in [0.4, 0.5) is 0 Å². The highest BCUT2D eigenvalue weighted by atomic mass is 16.5. The van der Waals surface area contributed by atoms with Gasteiger partial charge in [0.2, 0.25) is 0 Å². The fourth-order valence-corrected chi connectivity index (χ4v) is 3.03. The standard InChI is InChI=1S/C19H32N2O/c1-15(2)18-7-6-17(14-19(18)16(3)4)22-13-12-21-10-8-20(5)9-11-21/h6-7,14-16H,8-13H2,1-5H3. The molecule has 1 aliphatic heterocycles. The van der Waals surface area contributed by atoms with Gasteiger partial charge in [0.1, 0.15) is 12.4 Å². The maximum absolute atomic E-state index is 6.01. The monoisotopic (exact) mass is 304 g/mol. The molecular weight excluding hydrogens is 272 g/mol. The normalized spacial score (nSPS) is 17.4. The van der Waals surface area contributed by atoms with Crippen molar-refractivity contribution in [1.29, 1.82) is 0 Å². The largest absolute Gasteiger partial charge is 0.492 e. The van der Waals surface area contributed by atoms with Crippen molar-refractivity contribution < 1.29 is 4.74 Å². The summed E-state index contributed by atoms with van der Waals surface area (Å²) in [6.07, 6.45) is 0. The molecule has 3 heteroatoms. The molecule has 1 heterocycles. The molecule has 0 N–H and O–H groups in total. The van der Waals surface area contributed by atoms with Gasteiger partial charge in [0, 0.05) is 32.7 Å². The molecule has 0 spiro atoms. The van der Waals surface area contributed by atoms with Crippen LogP contribution in [-0.4, -0.2) is 56.2 Å². The van der Waals surface area contributed by atoms with Gasteiger partial charge in [-0.25, -0.2) is 0 Å². The van der Waals surface area contributed by atoms with Gasteiger partial charge >= 0.3 is 0 Å². The van der Waals surface area contributed by atoms with Gasteiger partial charge in [-0.05, 0) is 42.1 Å². The predicted octanol–water partition coefficient (Wildman–Crippen LogP) is 3.56. The van der Waals surface area contributed by atoms with Gasteiger partial charge in [0.15, 0.2) is 0 Å². The third-order valence-corrected chi connectivity index (χ3v) is 4.57. The summed E-state index contributed by atoms with van der Waals surface area (Å²) in [6.45, 7) is 15.5. The molecule has 3 nitrogen and oxygen atoms in total. The first-order chi connectivity index (χ1) is 10.5. The topological polar surface area (TPSA) is 15.7 Å². The van der Waals surface area contributed by atoms with Crippen molar-refractivity contribution in [2.75, 3.05) is 46.4 Å². The van der Waals surface area contributed by atoms with Crippen molar-refractivity contribution in [3.05, 3.63) is 29.3 Å². The van der Waals surface area contributed by atoms with Crippen LogP contribution in [0.5, 0.6) is 5.75 Å². The molecule has 124 valence electrons. The fraction of sp³-hybridized carbons (Fsp3) is 0.684. The Balaban J connectivity index is 1.89. The van der Waals surface area contributed by atoms with Crippen LogP contribution in [0.15, 0.2) is 18.2 Å². The van der Waals surface area contributed by atoms with Gasteiger partial charge in [-0.15, -0.1) is 0 Å². The molecule has 0 unspecified atom stereocenters. The second-order valence-corrected chi connectivity index (χ2v) is 7.09. The van der Waals surface area contributed by atoms with Crippen LogP contribution in [-0.2, 0) is 0 Å². The Morgan fingerprint density at radius 3 is 2.18 bits per heavy atom. The Kier molecular flexibility index (Phi) is 6.27. The minimum atomic E-state index is 0.540. The third-order valence-electron chi connectivity index (χ3n) is 4.57. The minimum Gasteiger partial charge on any atom is -0.492 e. The van der Waals surface area contributed by atoms with Gasteiger partial charge in [-0.3, -0.25) is 4.90 Å². The lowest BCUT2D eigenvalue weighted by molar-refractivity contribution is 0.133. The van der Waals surface area contributed by atoms with Crippen LogP contribution in [0, 0.1) is 0 Å². The molecule has 0 aromatic heterocycles. The van der Waals surface area contributed by atoms with Crippen LogP contribution in [0.3, 0.4) is 0 Å². The summed E-state index contributed by atoms with van der Waals surface area (Å²) < 4.78 is 6.01. The lowest BCUT2D eigenvalue weighted by atomic mass is 9.90. The minimum absolute atomic E-state index is 0.540. The Labute approximate surface area is 136 Å². The summed E-state index contributed by atoms with van der Waals surface area (Å²) in [6, 6.07) is 6.61. The number of nitrogens with zero attached hydrogens (tertiary/aromatic N) is 2. The molecule has 0 atom stereocenters. The fourth-order valence-electron chi connectivity index (χ4n) is 3.03. The quantitative estimate of drug-likeness (QED) is 0.799. The van der Waals surface area contributed by atoms with Gasteiger partial charge in [0.25, 0.3) is 0 Å². The lowest BCUT2D eigenvalue weighted by Gasteiger charge is -2.32. The van der Waals surface area contributed by atoms with Crippen molar-refractivity contribution in [2.24, 2.45) is 0 Å². The molecule has 0 bridgehead atoms. The maximum Gasteiger partial charge on any atom is 0.119 e. The first-order valence-corrected chi connectivity index (χ1v) is 8.65. The van der Waals surface area contributed by atoms with E-state index in [-0.39, 0.29) is 0 Å². The molecule has 2 rings (SSSR count). The van der Waals surface area contributed by atoms with Crippen LogP contribution >= 0.6 is 0 Å². The molecule has 0 aliphatic carbocycles. The molecule has 1 aromatic carbocycles. The summed E-state index contributed by atoms with van der Waals surface area (Å²) >= 11 is 0. The molecule has 1 aromatic rings. The van der Waals surface area contributed by atoms with Crippen molar-refractivity contribution in [2.45, 2.75) is 39.5 Å². The van der Waals surface area contributed by atoms with Crippen LogP contribution in [0.1, 0.15) is 50.7 Å². The zero-order valence-corrected chi connectivity index (χ0v) is 14.9. The molecule has 0 amide bonds. The second-order valence-electron chi connectivity index (χ2n) is 7.09. The number of hydrogen-bond acceptors (Lipinski definition) is 3. The summed E-state index contributed by atoms with van der Waals surface area (Å²) in [4.78, 5) is 4.88. The van der Waals surface area contributed by atoms with Crippen molar-refractivity contribution in [3.8, 4) is 5.75 Å². The Bertz CT molecular complexity index is 463. The molecule has 22 heavy (non-hydrogen) atoms. The molecule has 1 saturated heterocycles. The molecular formula is C19H32N2O.